The molecule has 3 saturated heterocycles. The van der Waals surface area contributed by atoms with Gasteiger partial charge in [0.15, 0.2) is 9.84 Å². The molecule has 2 bridgehead atoms. The van der Waals surface area contributed by atoms with Crippen molar-refractivity contribution in [3.8, 4) is 17.3 Å². The summed E-state index contributed by atoms with van der Waals surface area (Å²) in [5.41, 5.74) is 4.64. The van der Waals surface area contributed by atoms with Crippen LogP contribution in [0.3, 0.4) is 0 Å². The van der Waals surface area contributed by atoms with E-state index in [-0.39, 0.29) is 35.8 Å². The van der Waals surface area contributed by atoms with Gasteiger partial charge in [-0.2, -0.15) is 15.3 Å². The molecule has 1 aliphatic carbocycles. The number of likely N-dealkylation sites (tertiary alicyclic amines) is 1. The molecule has 17 heteroatoms. The van der Waals surface area contributed by atoms with Crippen molar-refractivity contribution in [2.45, 2.75) is 99.9 Å². The van der Waals surface area contributed by atoms with Crippen molar-refractivity contribution in [3.05, 3.63) is 84.3 Å². The Morgan fingerprint density at radius 3 is 2.51 bits per heavy atom. The average Bonchev–Trinajstić information content (AvgIpc) is 4.04. The number of benzene rings is 2. The smallest absolute Gasteiger partial charge is 0.251 e. The summed E-state index contributed by atoms with van der Waals surface area (Å²) in [7, 11) is -3.27. The van der Waals surface area contributed by atoms with Crippen LogP contribution < -0.4 is 20.9 Å². The molecule has 4 N–H and O–H groups in total. The van der Waals surface area contributed by atoms with E-state index < -0.39 is 20.6 Å². The number of piperidine rings is 1. The first kappa shape index (κ1) is 42.2. The predicted molar refractivity (Wildman–Crippen MR) is 239 cm³/mol. The average molecular weight is 872 g/mol. The molecule has 9 rings (SSSR count). The minimum atomic E-state index is -3.27. The monoisotopic (exact) mass is 871 g/mol. The van der Waals surface area contributed by atoms with Crippen LogP contribution in [-0.4, -0.2) is 105 Å². The minimum absolute atomic E-state index is 0.0705. The van der Waals surface area contributed by atoms with E-state index in [4.69, 9.17) is 10.1 Å². The minimum Gasteiger partial charge on any atom is -0.363 e. The van der Waals surface area contributed by atoms with E-state index in [0.717, 1.165) is 55.4 Å². The molecule has 5 aromatic rings. The van der Waals surface area contributed by atoms with Gasteiger partial charge in [-0.05, 0) is 106 Å². The number of sulfone groups is 1. The quantitative estimate of drug-likeness (QED) is 0.0800. The molecule has 1 saturated carbocycles. The first-order valence-corrected chi connectivity index (χ1v) is 23.8. The molecule has 16 nitrogen and oxygen atoms in total. The third-order valence-corrected chi connectivity index (χ3v) is 15.8. The SMILES string of the molecule is CCS(=O)(=O)C1CCCC(CC#N)(n2cc(-c3nc(Nc4ccc(C(=O)NCCCN5CC6CCC(C5)N6c5ccc(C6CCC(=O)NC6=O)cc5)cc4)nc4[nH]ccc34)cn2)C1. The Kier molecular flexibility index (Phi) is 11.8. The number of aromatic amines is 1. The van der Waals surface area contributed by atoms with Gasteiger partial charge < -0.3 is 20.5 Å². The number of amides is 3. The second-order valence-electron chi connectivity index (χ2n) is 17.5. The Balaban J connectivity index is 0.780. The first-order chi connectivity index (χ1) is 30.5. The number of nitrogens with zero attached hydrogens (tertiary/aromatic N) is 7. The van der Waals surface area contributed by atoms with Crippen LogP contribution in [0.5, 0.6) is 0 Å². The van der Waals surface area contributed by atoms with E-state index >= 15 is 0 Å². The lowest BCUT2D eigenvalue weighted by molar-refractivity contribution is -0.134. The lowest BCUT2D eigenvalue weighted by atomic mass is 9.79. The van der Waals surface area contributed by atoms with Gasteiger partial charge in [-0.15, -0.1) is 0 Å². The summed E-state index contributed by atoms with van der Waals surface area (Å²) < 4.78 is 27.6. The van der Waals surface area contributed by atoms with Crippen molar-refractivity contribution in [2.75, 3.05) is 42.1 Å². The molecular weight excluding hydrogens is 819 g/mol. The standard InChI is InChI=1S/C46H53N11O5S/c1-2-63(61,62)37-5-3-19-46(25-37,20-21-47)56-27-32(26-50-56)41-39-18-23-48-42(39)54-45(53-41)51-33-10-6-31(7-11-33)43(59)49-22-4-24-55-28-35-14-15-36(29-55)57(35)34-12-8-30(9-13-34)38-16-17-40(58)52-44(38)60/h6-13,18,23,26-27,35-38H,2-5,14-17,19-20,22,24-25,28-29H2,1H3,(H,49,59)(H,52,58,60)(H2,48,51,53,54). The van der Waals surface area contributed by atoms with Crippen LogP contribution in [0.15, 0.2) is 73.2 Å². The van der Waals surface area contributed by atoms with Crippen LogP contribution >= 0.6 is 0 Å². The molecule has 5 unspecified atom stereocenters. The Morgan fingerprint density at radius 1 is 1.00 bits per heavy atom. The van der Waals surface area contributed by atoms with Crippen molar-refractivity contribution in [2.24, 2.45) is 0 Å². The number of hydrogen-bond donors (Lipinski definition) is 4. The lowest BCUT2D eigenvalue weighted by Crippen LogP contribution is -2.54. The van der Waals surface area contributed by atoms with Crippen LogP contribution in [-0.2, 0) is 25.0 Å². The molecule has 3 aliphatic heterocycles. The number of aromatic nitrogens is 5. The largest absolute Gasteiger partial charge is 0.363 e. The number of fused-ring (bicyclic) bond motifs is 3. The van der Waals surface area contributed by atoms with Crippen LogP contribution in [0.4, 0.5) is 17.3 Å². The summed E-state index contributed by atoms with van der Waals surface area (Å²) in [6.45, 7) is 5.07. The summed E-state index contributed by atoms with van der Waals surface area (Å²) in [6, 6.07) is 20.5. The third kappa shape index (κ3) is 8.66. The van der Waals surface area contributed by atoms with E-state index in [0.29, 0.717) is 85.7 Å². The Labute approximate surface area is 366 Å². The maximum absolute atomic E-state index is 13.1. The molecule has 4 fully saturated rings. The topological polar surface area (TPSA) is 211 Å². The zero-order valence-corrected chi connectivity index (χ0v) is 36.2. The first-order valence-electron chi connectivity index (χ1n) is 22.1. The number of carbonyl (C=O) groups excluding carboxylic acids is 3. The van der Waals surface area contributed by atoms with Crippen LogP contribution in [0.1, 0.15) is 93.0 Å². The van der Waals surface area contributed by atoms with Gasteiger partial charge >= 0.3 is 0 Å². The molecule has 0 spiro atoms. The van der Waals surface area contributed by atoms with E-state index in [2.05, 4.69) is 53.9 Å². The van der Waals surface area contributed by atoms with Gasteiger partial charge in [0, 0.05) is 84.2 Å². The van der Waals surface area contributed by atoms with Gasteiger partial charge in [-0.3, -0.25) is 29.3 Å². The Morgan fingerprint density at radius 2 is 1.78 bits per heavy atom. The lowest BCUT2D eigenvalue weighted by Gasteiger charge is -2.42. The molecule has 3 aromatic heterocycles. The van der Waals surface area contributed by atoms with Crippen molar-refractivity contribution >= 4 is 55.9 Å². The van der Waals surface area contributed by atoms with Gasteiger partial charge in [0.05, 0.1) is 41.1 Å². The van der Waals surface area contributed by atoms with Gasteiger partial charge in [-0.25, -0.2) is 13.4 Å². The number of rotatable bonds is 14. The Hall–Kier alpha value is -6.12. The van der Waals surface area contributed by atoms with Gasteiger partial charge in [-0.1, -0.05) is 19.1 Å². The molecule has 328 valence electrons. The van der Waals surface area contributed by atoms with Crippen molar-refractivity contribution in [1.82, 2.24) is 40.3 Å². The zero-order chi connectivity index (χ0) is 43.7. The third-order valence-electron chi connectivity index (χ3n) is 13.6. The van der Waals surface area contributed by atoms with Crippen molar-refractivity contribution < 1.29 is 22.8 Å². The van der Waals surface area contributed by atoms with Gasteiger partial charge in [0.2, 0.25) is 17.8 Å². The summed E-state index contributed by atoms with van der Waals surface area (Å²) in [4.78, 5) is 54.9. The number of hydrogen-bond acceptors (Lipinski definition) is 12. The highest BCUT2D eigenvalue weighted by molar-refractivity contribution is 7.92. The van der Waals surface area contributed by atoms with E-state index in [1.165, 1.54) is 5.69 Å². The normalized spacial score (nSPS) is 24.0. The Bertz CT molecular complexity index is 2640. The predicted octanol–water partition coefficient (Wildman–Crippen LogP) is 5.54. The van der Waals surface area contributed by atoms with Crippen molar-refractivity contribution in [3.63, 3.8) is 0 Å². The summed E-state index contributed by atoms with van der Waals surface area (Å²) in [6.07, 6.45) is 11.9. The van der Waals surface area contributed by atoms with Crippen molar-refractivity contribution in [1.29, 1.82) is 5.26 Å². The number of carbonyl (C=O) groups is 3. The van der Waals surface area contributed by atoms with E-state index in [1.54, 1.807) is 36.1 Å². The number of nitrogens with one attached hydrogen (secondary N) is 4. The highest BCUT2D eigenvalue weighted by atomic mass is 32.2. The highest BCUT2D eigenvalue weighted by Crippen LogP contribution is 2.41. The maximum Gasteiger partial charge on any atom is 0.251 e. The van der Waals surface area contributed by atoms with Gasteiger partial charge in [0.25, 0.3) is 5.91 Å². The molecule has 5 atom stereocenters. The van der Waals surface area contributed by atoms with E-state index in [9.17, 15) is 28.1 Å². The number of anilines is 3. The summed E-state index contributed by atoms with van der Waals surface area (Å²) >= 11 is 0. The second-order valence-corrected chi connectivity index (χ2v) is 20.1. The molecule has 4 aliphatic rings. The molecule has 6 heterocycles. The summed E-state index contributed by atoms with van der Waals surface area (Å²) in [5.74, 6) is -0.406. The number of H-pyrrole nitrogens is 1. The number of nitriles is 1. The van der Waals surface area contributed by atoms with Gasteiger partial charge in [0.1, 0.15) is 5.65 Å². The molecular formula is C46H53N11O5S. The molecule has 2 aromatic carbocycles. The fraction of sp³-hybridized carbons (Fsp3) is 0.457. The number of imide groups is 1. The van der Waals surface area contributed by atoms with Crippen LogP contribution in [0, 0.1) is 11.3 Å². The fourth-order valence-corrected chi connectivity index (χ4v) is 11.8. The highest BCUT2D eigenvalue weighted by Gasteiger charge is 2.43. The molecule has 63 heavy (non-hydrogen) atoms. The zero-order valence-electron chi connectivity index (χ0n) is 35.4. The number of piperazine rings is 1. The van der Waals surface area contributed by atoms with E-state index in [1.807, 2.05) is 36.5 Å². The maximum atomic E-state index is 13.1. The molecule has 3 amide bonds. The fourth-order valence-electron chi connectivity index (χ4n) is 10.3. The second kappa shape index (κ2) is 17.6. The van der Waals surface area contributed by atoms with Crippen LogP contribution in [0.2, 0.25) is 0 Å². The van der Waals surface area contributed by atoms with Crippen LogP contribution in [0.25, 0.3) is 22.3 Å². The summed E-state index contributed by atoms with van der Waals surface area (Å²) in [5, 5.41) is 23.6. The molecule has 0 radical (unpaired) electrons.